The fraction of sp³-hybridized carbons (Fsp3) is 0.143. The molecule has 126 valence electrons. The predicted octanol–water partition coefficient (Wildman–Crippen LogP) is 3.60. The smallest absolute Gasteiger partial charge is 0.295 e. The molecule has 1 aliphatic rings. The van der Waals surface area contributed by atoms with Crippen LogP contribution in [0.2, 0.25) is 0 Å². The number of aryl methyl sites for hydroxylation is 1. The van der Waals surface area contributed by atoms with E-state index in [9.17, 15) is 14.7 Å². The predicted molar refractivity (Wildman–Crippen MR) is 96.8 cm³/mol. The van der Waals surface area contributed by atoms with Crippen LogP contribution in [0.1, 0.15) is 22.7 Å². The Hall–Kier alpha value is -3.14. The van der Waals surface area contributed by atoms with E-state index < -0.39 is 17.7 Å². The van der Waals surface area contributed by atoms with Crippen LogP contribution in [0.3, 0.4) is 0 Å². The number of benzene rings is 2. The molecule has 1 unspecified atom stereocenters. The Morgan fingerprint density at radius 3 is 2.36 bits per heavy atom. The van der Waals surface area contributed by atoms with Gasteiger partial charge in [0.15, 0.2) is 0 Å². The van der Waals surface area contributed by atoms with Gasteiger partial charge in [0.25, 0.3) is 11.7 Å². The first-order chi connectivity index (χ1) is 12.0. The maximum atomic E-state index is 12.6. The van der Waals surface area contributed by atoms with Gasteiger partial charge in [-0.3, -0.25) is 9.59 Å². The normalized spacial score (nSPS) is 19.2. The Morgan fingerprint density at radius 2 is 1.76 bits per heavy atom. The standard InChI is InChI=1S/C21H19NO3/c1-3-13-22-18(15-7-5-4-6-8-15)17(20(24)21(22)25)19(23)16-11-9-14(2)10-12-16/h3-12,18,23H,1,13H2,2H3/b19-17-. The Kier molecular flexibility index (Phi) is 4.52. The van der Waals surface area contributed by atoms with Crippen LogP contribution >= 0.6 is 0 Å². The average Bonchev–Trinajstić information content (AvgIpc) is 2.88. The number of nitrogens with zero attached hydrogens (tertiary/aromatic N) is 1. The van der Waals surface area contributed by atoms with E-state index in [2.05, 4.69) is 6.58 Å². The first-order valence-electron chi connectivity index (χ1n) is 8.06. The van der Waals surface area contributed by atoms with Gasteiger partial charge in [-0.05, 0) is 12.5 Å². The molecular weight excluding hydrogens is 314 g/mol. The number of ketones is 1. The van der Waals surface area contributed by atoms with Crippen LogP contribution in [0.25, 0.3) is 5.76 Å². The van der Waals surface area contributed by atoms with Crippen LogP contribution in [0, 0.1) is 6.92 Å². The van der Waals surface area contributed by atoms with Gasteiger partial charge in [-0.1, -0.05) is 66.2 Å². The summed E-state index contributed by atoms with van der Waals surface area (Å²) in [5.74, 6) is -1.45. The summed E-state index contributed by atoms with van der Waals surface area (Å²) in [7, 11) is 0. The molecule has 1 fully saturated rings. The third kappa shape index (κ3) is 2.98. The maximum absolute atomic E-state index is 12.6. The van der Waals surface area contributed by atoms with Crippen molar-refractivity contribution in [2.45, 2.75) is 13.0 Å². The summed E-state index contributed by atoms with van der Waals surface area (Å²) in [6, 6.07) is 15.8. The zero-order chi connectivity index (χ0) is 18.0. The zero-order valence-electron chi connectivity index (χ0n) is 14.0. The van der Waals surface area contributed by atoms with Crippen LogP contribution in [0.4, 0.5) is 0 Å². The monoisotopic (exact) mass is 333 g/mol. The molecule has 2 aromatic rings. The van der Waals surface area contributed by atoms with Gasteiger partial charge in [-0.25, -0.2) is 0 Å². The molecule has 1 aliphatic heterocycles. The lowest BCUT2D eigenvalue weighted by atomic mass is 9.95. The summed E-state index contributed by atoms with van der Waals surface area (Å²) in [6.45, 7) is 5.84. The van der Waals surface area contributed by atoms with Crippen molar-refractivity contribution in [3.63, 3.8) is 0 Å². The van der Waals surface area contributed by atoms with Crippen molar-refractivity contribution in [2.24, 2.45) is 0 Å². The number of aliphatic hydroxyl groups excluding tert-OH is 1. The summed E-state index contributed by atoms with van der Waals surface area (Å²) >= 11 is 0. The third-order valence-corrected chi connectivity index (χ3v) is 4.31. The summed E-state index contributed by atoms with van der Waals surface area (Å²) in [4.78, 5) is 26.5. The van der Waals surface area contributed by atoms with E-state index in [1.165, 1.54) is 4.90 Å². The summed E-state index contributed by atoms with van der Waals surface area (Å²) in [6.07, 6.45) is 1.58. The van der Waals surface area contributed by atoms with Crippen LogP contribution in [0.15, 0.2) is 72.8 Å². The van der Waals surface area contributed by atoms with Crippen LogP contribution < -0.4 is 0 Å². The summed E-state index contributed by atoms with van der Waals surface area (Å²) < 4.78 is 0. The number of likely N-dealkylation sites (tertiary alicyclic amines) is 1. The lowest BCUT2D eigenvalue weighted by molar-refractivity contribution is -0.139. The Labute approximate surface area is 146 Å². The van der Waals surface area contributed by atoms with Crippen molar-refractivity contribution in [1.82, 2.24) is 4.90 Å². The highest BCUT2D eigenvalue weighted by atomic mass is 16.3. The molecule has 1 amide bonds. The molecule has 3 rings (SSSR count). The Morgan fingerprint density at radius 1 is 1.12 bits per heavy atom. The fourth-order valence-electron chi connectivity index (χ4n) is 3.06. The van der Waals surface area contributed by atoms with Gasteiger partial charge < -0.3 is 10.0 Å². The fourth-order valence-corrected chi connectivity index (χ4v) is 3.06. The van der Waals surface area contributed by atoms with E-state index in [1.807, 2.05) is 49.4 Å². The largest absolute Gasteiger partial charge is 0.507 e. The maximum Gasteiger partial charge on any atom is 0.295 e. The molecule has 2 aromatic carbocycles. The zero-order valence-corrected chi connectivity index (χ0v) is 14.0. The van der Waals surface area contributed by atoms with Crippen molar-refractivity contribution in [1.29, 1.82) is 0 Å². The van der Waals surface area contributed by atoms with E-state index >= 15 is 0 Å². The highest BCUT2D eigenvalue weighted by Gasteiger charge is 2.45. The SMILES string of the molecule is C=CCN1C(=O)C(=O)/C(=C(\O)c2ccc(C)cc2)C1c1ccccc1. The highest BCUT2D eigenvalue weighted by Crippen LogP contribution is 2.39. The number of aliphatic hydroxyl groups is 1. The van der Waals surface area contributed by atoms with E-state index in [0.717, 1.165) is 11.1 Å². The first kappa shape index (κ1) is 16.7. The highest BCUT2D eigenvalue weighted by molar-refractivity contribution is 6.46. The lowest BCUT2D eigenvalue weighted by Crippen LogP contribution is -2.29. The molecule has 4 heteroatoms. The molecule has 25 heavy (non-hydrogen) atoms. The topological polar surface area (TPSA) is 57.6 Å². The van der Waals surface area contributed by atoms with Gasteiger partial charge in [0.05, 0.1) is 11.6 Å². The van der Waals surface area contributed by atoms with E-state index in [4.69, 9.17) is 0 Å². The average molecular weight is 333 g/mol. The van der Waals surface area contributed by atoms with Crippen molar-refractivity contribution >= 4 is 17.4 Å². The van der Waals surface area contributed by atoms with Gasteiger partial charge in [0.1, 0.15) is 5.76 Å². The number of rotatable bonds is 4. The number of amides is 1. The summed E-state index contributed by atoms with van der Waals surface area (Å²) in [5.41, 5.74) is 2.45. The van der Waals surface area contributed by atoms with Gasteiger partial charge in [-0.2, -0.15) is 0 Å². The van der Waals surface area contributed by atoms with Gasteiger partial charge in [0, 0.05) is 12.1 Å². The van der Waals surface area contributed by atoms with E-state index in [1.54, 1.807) is 18.2 Å². The molecule has 0 spiro atoms. The molecule has 0 radical (unpaired) electrons. The van der Waals surface area contributed by atoms with Crippen LogP contribution in [-0.4, -0.2) is 28.2 Å². The minimum Gasteiger partial charge on any atom is -0.507 e. The number of Topliss-reactive ketones (excluding diaryl/α,β-unsaturated/α-hetero) is 1. The lowest BCUT2D eigenvalue weighted by Gasteiger charge is -2.24. The Bertz CT molecular complexity index is 850. The van der Waals surface area contributed by atoms with Crippen molar-refractivity contribution in [2.75, 3.05) is 6.54 Å². The minimum atomic E-state index is -0.672. The molecule has 4 nitrogen and oxygen atoms in total. The van der Waals surface area contributed by atoms with Crippen molar-refractivity contribution in [3.8, 4) is 0 Å². The number of carbonyl (C=O) groups excluding carboxylic acids is 2. The van der Waals surface area contributed by atoms with Crippen LogP contribution in [0.5, 0.6) is 0 Å². The second-order valence-electron chi connectivity index (χ2n) is 6.02. The number of carbonyl (C=O) groups is 2. The van der Waals surface area contributed by atoms with E-state index in [-0.39, 0.29) is 17.9 Å². The van der Waals surface area contributed by atoms with E-state index in [0.29, 0.717) is 5.56 Å². The molecule has 1 saturated heterocycles. The van der Waals surface area contributed by atoms with Crippen LogP contribution in [-0.2, 0) is 9.59 Å². The van der Waals surface area contributed by atoms with Crippen molar-refractivity contribution < 1.29 is 14.7 Å². The minimum absolute atomic E-state index is 0.113. The second-order valence-corrected chi connectivity index (χ2v) is 6.02. The molecule has 1 N–H and O–H groups in total. The van der Waals surface area contributed by atoms with Gasteiger partial charge in [-0.15, -0.1) is 6.58 Å². The molecule has 0 saturated carbocycles. The second kappa shape index (κ2) is 6.77. The molecule has 1 atom stereocenters. The molecular formula is C21H19NO3. The molecule has 0 aromatic heterocycles. The van der Waals surface area contributed by atoms with Crippen molar-refractivity contribution in [3.05, 3.63) is 89.5 Å². The summed E-state index contributed by atoms with van der Waals surface area (Å²) in [5, 5.41) is 10.8. The Balaban J connectivity index is 2.19. The van der Waals surface area contributed by atoms with Gasteiger partial charge >= 0.3 is 0 Å². The quantitative estimate of drug-likeness (QED) is 0.402. The number of hydrogen-bond acceptors (Lipinski definition) is 3. The number of hydrogen-bond donors (Lipinski definition) is 1. The first-order valence-corrected chi connectivity index (χ1v) is 8.06. The molecule has 0 bridgehead atoms. The third-order valence-electron chi connectivity index (χ3n) is 4.31. The molecule has 1 heterocycles. The van der Waals surface area contributed by atoms with Gasteiger partial charge in [0.2, 0.25) is 0 Å². The molecule has 0 aliphatic carbocycles.